The second-order valence-corrected chi connectivity index (χ2v) is 9.48. The third-order valence-corrected chi connectivity index (χ3v) is 7.36. The number of thiophene rings is 1. The van der Waals surface area contributed by atoms with Crippen LogP contribution in [0.2, 0.25) is 5.02 Å². The third kappa shape index (κ3) is 5.14. The van der Waals surface area contributed by atoms with Crippen LogP contribution in [-0.2, 0) is 19.6 Å². The lowest BCUT2D eigenvalue weighted by Gasteiger charge is -2.26. The van der Waals surface area contributed by atoms with E-state index in [9.17, 15) is 18.0 Å². The molecule has 0 aliphatic carbocycles. The molecule has 3 rings (SSSR count). The van der Waals surface area contributed by atoms with Gasteiger partial charge in [0.2, 0.25) is 15.9 Å². The quantitative estimate of drug-likeness (QED) is 0.716. The predicted molar refractivity (Wildman–Crippen MR) is 111 cm³/mol. The minimum Gasteiger partial charge on any atom is -0.379 e. The highest BCUT2D eigenvalue weighted by molar-refractivity contribution is 7.89. The molecule has 2 amide bonds. The van der Waals surface area contributed by atoms with Gasteiger partial charge in [0.25, 0.3) is 5.91 Å². The Morgan fingerprint density at radius 1 is 1.28 bits per heavy atom. The smallest absolute Gasteiger partial charge is 0.254 e. The zero-order valence-corrected chi connectivity index (χ0v) is 18.0. The zero-order valence-electron chi connectivity index (χ0n) is 15.6. The van der Waals surface area contributed by atoms with Crippen LogP contribution in [-0.4, -0.2) is 69.3 Å². The number of morpholine rings is 1. The highest BCUT2D eigenvalue weighted by Crippen LogP contribution is 2.28. The number of carbonyl (C=O) groups is 2. The van der Waals surface area contributed by atoms with Crippen LogP contribution < -0.4 is 5.32 Å². The summed E-state index contributed by atoms with van der Waals surface area (Å²) in [6.07, 6.45) is 0. The molecule has 0 unspecified atom stereocenters. The SMILES string of the molecule is CN(CC(=O)Nc1ccc(Cl)c(S(=O)(=O)N2CCOCC2)c1)C(=O)c1ccsc1. The summed E-state index contributed by atoms with van der Waals surface area (Å²) in [6, 6.07) is 5.94. The number of hydrogen-bond donors (Lipinski definition) is 1. The van der Waals surface area contributed by atoms with Crippen molar-refractivity contribution in [3.63, 3.8) is 0 Å². The van der Waals surface area contributed by atoms with Crippen LogP contribution in [0.3, 0.4) is 0 Å². The van der Waals surface area contributed by atoms with Crippen molar-refractivity contribution in [1.29, 1.82) is 0 Å². The first-order valence-corrected chi connectivity index (χ1v) is 11.5. The van der Waals surface area contributed by atoms with Gasteiger partial charge >= 0.3 is 0 Å². The second kappa shape index (κ2) is 9.23. The molecule has 156 valence electrons. The molecular formula is C18H20ClN3O5S2. The summed E-state index contributed by atoms with van der Waals surface area (Å²) in [4.78, 5) is 25.8. The average Bonchev–Trinajstić information content (AvgIpc) is 3.24. The number of anilines is 1. The zero-order chi connectivity index (χ0) is 21.0. The summed E-state index contributed by atoms with van der Waals surface area (Å²) in [7, 11) is -2.29. The number of sulfonamides is 1. The van der Waals surface area contributed by atoms with Crippen molar-refractivity contribution in [2.24, 2.45) is 0 Å². The lowest BCUT2D eigenvalue weighted by Crippen LogP contribution is -2.40. The molecule has 2 heterocycles. The molecule has 1 aliphatic heterocycles. The number of hydrogen-bond acceptors (Lipinski definition) is 6. The number of amides is 2. The minimum absolute atomic E-state index is 0.0687. The van der Waals surface area contributed by atoms with Crippen molar-refractivity contribution in [3.05, 3.63) is 45.6 Å². The van der Waals surface area contributed by atoms with E-state index in [1.165, 1.54) is 45.8 Å². The van der Waals surface area contributed by atoms with Gasteiger partial charge in [0.1, 0.15) is 4.90 Å². The molecule has 0 radical (unpaired) electrons. The van der Waals surface area contributed by atoms with Gasteiger partial charge in [-0.2, -0.15) is 15.6 Å². The molecule has 1 aliphatic rings. The maximum absolute atomic E-state index is 12.9. The highest BCUT2D eigenvalue weighted by Gasteiger charge is 2.28. The van der Waals surface area contributed by atoms with Gasteiger partial charge in [0.05, 0.1) is 30.3 Å². The standard InChI is InChI=1S/C18H20ClN3O5S2/c1-21(18(24)13-4-9-28-12-13)11-17(23)20-14-2-3-15(19)16(10-14)29(25,26)22-5-7-27-8-6-22/h2-4,9-10,12H,5-8,11H2,1H3,(H,20,23). The fourth-order valence-electron chi connectivity index (χ4n) is 2.80. The molecule has 0 spiro atoms. The Morgan fingerprint density at radius 2 is 2.00 bits per heavy atom. The molecule has 1 aromatic carbocycles. The minimum atomic E-state index is -3.81. The van der Waals surface area contributed by atoms with Crippen LogP contribution in [0, 0.1) is 0 Å². The molecule has 1 aromatic heterocycles. The molecule has 29 heavy (non-hydrogen) atoms. The Kier molecular flexibility index (Phi) is 6.91. The fourth-order valence-corrected chi connectivity index (χ4v) is 5.34. The predicted octanol–water partition coefficient (Wildman–Crippen LogP) is 2.13. The number of nitrogens with zero attached hydrogens (tertiary/aromatic N) is 2. The van der Waals surface area contributed by atoms with Gasteiger partial charge in [-0.25, -0.2) is 8.42 Å². The average molecular weight is 458 g/mol. The van der Waals surface area contributed by atoms with Crippen molar-refractivity contribution in [2.45, 2.75) is 4.90 Å². The summed E-state index contributed by atoms with van der Waals surface area (Å²) >= 11 is 7.51. The Balaban J connectivity index is 1.70. The van der Waals surface area contributed by atoms with Crippen LogP contribution in [0.25, 0.3) is 0 Å². The highest BCUT2D eigenvalue weighted by atomic mass is 35.5. The van der Waals surface area contributed by atoms with E-state index in [4.69, 9.17) is 16.3 Å². The lowest BCUT2D eigenvalue weighted by molar-refractivity contribution is -0.116. The van der Waals surface area contributed by atoms with Crippen LogP contribution in [0.4, 0.5) is 5.69 Å². The first kappa shape index (κ1) is 21.7. The molecule has 1 saturated heterocycles. The van der Waals surface area contributed by atoms with Gasteiger partial charge in [0.15, 0.2) is 0 Å². The van der Waals surface area contributed by atoms with E-state index in [1.807, 2.05) is 0 Å². The molecule has 11 heteroatoms. The first-order chi connectivity index (χ1) is 13.8. The van der Waals surface area contributed by atoms with E-state index in [0.29, 0.717) is 18.8 Å². The molecule has 1 fully saturated rings. The van der Waals surface area contributed by atoms with Crippen molar-refractivity contribution >= 4 is 50.5 Å². The first-order valence-electron chi connectivity index (χ1n) is 8.74. The monoisotopic (exact) mass is 457 g/mol. The second-order valence-electron chi connectivity index (χ2n) is 6.38. The Hall–Kier alpha value is -1.98. The Labute approximate surface area is 178 Å². The molecular weight excluding hydrogens is 438 g/mol. The van der Waals surface area contributed by atoms with Crippen LogP contribution in [0.1, 0.15) is 10.4 Å². The normalized spacial score (nSPS) is 15.1. The van der Waals surface area contributed by atoms with E-state index >= 15 is 0 Å². The van der Waals surface area contributed by atoms with Crippen molar-refractivity contribution in [3.8, 4) is 0 Å². The Morgan fingerprint density at radius 3 is 2.66 bits per heavy atom. The molecule has 2 aromatic rings. The summed E-state index contributed by atoms with van der Waals surface area (Å²) in [6.45, 7) is 0.938. The largest absolute Gasteiger partial charge is 0.379 e. The molecule has 8 nitrogen and oxygen atoms in total. The third-order valence-electron chi connectivity index (χ3n) is 4.30. The fraction of sp³-hybridized carbons (Fsp3) is 0.333. The van der Waals surface area contributed by atoms with E-state index < -0.39 is 15.9 Å². The van der Waals surface area contributed by atoms with E-state index in [2.05, 4.69) is 5.32 Å². The van der Waals surface area contributed by atoms with Crippen LogP contribution >= 0.6 is 22.9 Å². The molecule has 1 N–H and O–H groups in total. The van der Waals surface area contributed by atoms with Gasteiger partial charge < -0.3 is 15.0 Å². The topological polar surface area (TPSA) is 96.0 Å². The summed E-state index contributed by atoms with van der Waals surface area (Å²) in [5, 5.41) is 6.18. The van der Waals surface area contributed by atoms with Gasteiger partial charge in [0, 0.05) is 31.2 Å². The van der Waals surface area contributed by atoms with Crippen molar-refractivity contribution in [2.75, 3.05) is 45.2 Å². The van der Waals surface area contributed by atoms with Crippen LogP contribution in [0.5, 0.6) is 0 Å². The van der Waals surface area contributed by atoms with E-state index in [-0.39, 0.29) is 41.1 Å². The van der Waals surface area contributed by atoms with Gasteiger partial charge in [-0.1, -0.05) is 11.6 Å². The lowest BCUT2D eigenvalue weighted by atomic mass is 10.3. The number of carbonyl (C=O) groups excluding carboxylic acids is 2. The van der Waals surface area contributed by atoms with Gasteiger partial charge in [-0.3, -0.25) is 9.59 Å². The number of nitrogens with one attached hydrogen (secondary N) is 1. The van der Waals surface area contributed by atoms with E-state index in [0.717, 1.165) is 0 Å². The number of likely N-dealkylation sites (N-methyl/N-ethyl adjacent to an activating group) is 1. The number of halogens is 1. The number of ether oxygens (including phenoxy) is 1. The van der Waals surface area contributed by atoms with Crippen molar-refractivity contribution in [1.82, 2.24) is 9.21 Å². The summed E-state index contributed by atoms with van der Waals surface area (Å²) in [5.41, 5.74) is 0.790. The number of rotatable bonds is 6. The molecule has 0 atom stereocenters. The summed E-state index contributed by atoms with van der Waals surface area (Å²) < 4.78 is 32.2. The van der Waals surface area contributed by atoms with Gasteiger partial charge in [-0.15, -0.1) is 0 Å². The maximum Gasteiger partial charge on any atom is 0.254 e. The molecule has 0 saturated carbocycles. The van der Waals surface area contributed by atoms with Crippen LogP contribution in [0.15, 0.2) is 39.9 Å². The number of benzene rings is 1. The van der Waals surface area contributed by atoms with Crippen molar-refractivity contribution < 1.29 is 22.7 Å². The summed E-state index contributed by atoms with van der Waals surface area (Å²) in [5.74, 6) is -0.721. The van der Waals surface area contributed by atoms with Gasteiger partial charge in [-0.05, 0) is 29.6 Å². The van der Waals surface area contributed by atoms with E-state index in [1.54, 1.807) is 16.8 Å². The molecule has 0 bridgehead atoms. The Bertz CT molecular complexity index is 989. The maximum atomic E-state index is 12.9.